The van der Waals surface area contributed by atoms with E-state index in [1.165, 1.54) is 0 Å². The van der Waals surface area contributed by atoms with Gasteiger partial charge in [0, 0.05) is 56.1 Å². The van der Waals surface area contributed by atoms with Gasteiger partial charge in [0.15, 0.2) is 5.82 Å². The number of carbonyl (C=O) groups is 2. The van der Waals surface area contributed by atoms with Crippen LogP contribution in [0.25, 0.3) is 0 Å². The minimum atomic E-state index is -0.661. The predicted octanol–water partition coefficient (Wildman–Crippen LogP) is 1.39. The third-order valence-corrected chi connectivity index (χ3v) is 4.86. The summed E-state index contributed by atoms with van der Waals surface area (Å²) in [5.41, 5.74) is 1.05. The first-order valence-electron chi connectivity index (χ1n) is 9.21. The van der Waals surface area contributed by atoms with Crippen LogP contribution in [0, 0.1) is 0 Å². The second-order valence-corrected chi connectivity index (χ2v) is 6.75. The van der Waals surface area contributed by atoms with E-state index < -0.39 is 11.8 Å². The van der Waals surface area contributed by atoms with Crippen molar-refractivity contribution in [3.05, 3.63) is 60.6 Å². The van der Waals surface area contributed by atoms with Crippen LogP contribution in [0.5, 0.6) is 0 Å². The number of amides is 2. The van der Waals surface area contributed by atoms with Gasteiger partial charge in [0.1, 0.15) is 5.82 Å². The maximum atomic E-state index is 12.4. The summed E-state index contributed by atoms with van der Waals surface area (Å²) in [6.07, 6.45) is 10.3. The Bertz CT molecular complexity index is 928. The number of aromatic nitrogens is 5. The molecular weight excluding hydrogens is 358 g/mol. The third-order valence-electron chi connectivity index (χ3n) is 4.86. The van der Waals surface area contributed by atoms with Gasteiger partial charge in [-0.25, -0.2) is 4.98 Å². The Hall–Kier alpha value is -3.49. The fourth-order valence-electron chi connectivity index (χ4n) is 3.36. The second kappa shape index (κ2) is 8.03. The molecule has 0 bridgehead atoms. The monoisotopic (exact) mass is 379 g/mol. The molecular formula is C19H21N7O2. The summed E-state index contributed by atoms with van der Waals surface area (Å²) in [4.78, 5) is 37.7. The maximum Gasteiger partial charge on any atom is 0.315 e. The quantitative estimate of drug-likeness (QED) is 0.666. The molecule has 0 unspecified atom stereocenters. The average Bonchev–Trinajstić information content (AvgIpc) is 3.41. The van der Waals surface area contributed by atoms with Gasteiger partial charge in [-0.3, -0.25) is 19.3 Å². The molecule has 0 aromatic carbocycles. The lowest BCUT2D eigenvalue weighted by atomic mass is 9.96. The van der Waals surface area contributed by atoms with Gasteiger partial charge in [0.05, 0.1) is 6.54 Å². The van der Waals surface area contributed by atoms with Gasteiger partial charge < -0.3 is 15.2 Å². The summed E-state index contributed by atoms with van der Waals surface area (Å²) in [6.45, 7) is 1.63. The van der Waals surface area contributed by atoms with Crippen LogP contribution in [-0.4, -0.2) is 54.5 Å². The lowest BCUT2D eigenvalue weighted by Gasteiger charge is -2.30. The Morgan fingerprint density at radius 2 is 1.93 bits per heavy atom. The number of carbonyl (C=O) groups excluding carboxylic acids is 2. The number of H-pyrrole nitrogens is 1. The average molecular weight is 379 g/mol. The Morgan fingerprint density at radius 3 is 2.64 bits per heavy atom. The molecule has 0 radical (unpaired) electrons. The van der Waals surface area contributed by atoms with Crippen molar-refractivity contribution in [2.45, 2.75) is 25.3 Å². The van der Waals surface area contributed by atoms with E-state index in [-0.39, 0.29) is 0 Å². The fraction of sp³-hybridized carbons (Fsp3) is 0.316. The number of rotatable bonds is 4. The number of imidazole rings is 1. The van der Waals surface area contributed by atoms with Gasteiger partial charge in [-0.15, -0.1) is 0 Å². The Labute approximate surface area is 161 Å². The Kier molecular flexibility index (Phi) is 5.14. The van der Waals surface area contributed by atoms with Crippen molar-refractivity contribution in [1.82, 2.24) is 29.6 Å². The highest BCUT2D eigenvalue weighted by Crippen LogP contribution is 2.25. The van der Waals surface area contributed by atoms with Crippen molar-refractivity contribution in [2.75, 3.05) is 18.4 Å². The van der Waals surface area contributed by atoms with Crippen molar-refractivity contribution >= 4 is 17.6 Å². The SMILES string of the molecule is O=C(Nc1ccn(Cc2ccncc2)n1)C(=O)N1CCC(c2ncc[nH]2)CC1. The number of hydrogen-bond donors (Lipinski definition) is 2. The molecule has 2 N–H and O–H groups in total. The van der Waals surface area contributed by atoms with E-state index in [1.807, 2.05) is 12.1 Å². The summed E-state index contributed by atoms with van der Waals surface area (Å²) in [5, 5.41) is 6.89. The van der Waals surface area contributed by atoms with Crippen LogP contribution in [0.2, 0.25) is 0 Å². The smallest absolute Gasteiger partial charge is 0.315 e. The highest BCUT2D eigenvalue weighted by atomic mass is 16.2. The molecule has 1 saturated heterocycles. The summed E-state index contributed by atoms with van der Waals surface area (Å²) < 4.78 is 1.70. The van der Waals surface area contributed by atoms with E-state index in [0.29, 0.717) is 31.4 Å². The van der Waals surface area contributed by atoms with Gasteiger partial charge in [-0.1, -0.05) is 0 Å². The Balaban J connectivity index is 1.30. The van der Waals surface area contributed by atoms with E-state index in [1.54, 1.807) is 46.6 Å². The zero-order valence-electron chi connectivity index (χ0n) is 15.3. The molecule has 4 heterocycles. The van der Waals surface area contributed by atoms with Crippen LogP contribution >= 0.6 is 0 Å². The lowest BCUT2D eigenvalue weighted by Crippen LogP contribution is -2.44. The third kappa shape index (κ3) is 4.08. The van der Waals surface area contributed by atoms with Crippen LogP contribution in [0.1, 0.15) is 30.1 Å². The molecule has 3 aromatic heterocycles. The van der Waals surface area contributed by atoms with Crippen LogP contribution in [-0.2, 0) is 16.1 Å². The van der Waals surface area contributed by atoms with Gasteiger partial charge in [-0.2, -0.15) is 5.10 Å². The summed E-state index contributed by atoms with van der Waals surface area (Å²) in [5.74, 6) is 0.410. The van der Waals surface area contributed by atoms with Crippen molar-refractivity contribution in [3.63, 3.8) is 0 Å². The fourth-order valence-corrected chi connectivity index (χ4v) is 3.36. The van der Waals surface area contributed by atoms with E-state index in [4.69, 9.17) is 0 Å². The Morgan fingerprint density at radius 1 is 1.14 bits per heavy atom. The largest absolute Gasteiger partial charge is 0.348 e. The van der Waals surface area contributed by atoms with Gasteiger partial charge >= 0.3 is 11.8 Å². The van der Waals surface area contributed by atoms with E-state index in [9.17, 15) is 9.59 Å². The predicted molar refractivity (Wildman–Crippen MR) is 101 cm³/mol. The number of piperidine rings is 1. The number of nitrogens with zero attached hydrogens (tertiary/aromatic N) is 5. The first-order valence-corrected chi connectivity index (χ1v) is 9.21. The summed E-state index contributed by atoms with van der Waals surface area (Å²) >= 11 is 0. The first kappa shape index (κ1) is 17.9. The lowest BCUT2D eigenvalue weighted by molar-refractivity contribution is -0.143. The van der Waals surface area contributed by atoms with Crippen LogP contribution in [0.4, 0.5) is 5.82 Å². The molecule has 4 rings (SSSR count). The number of likely N-dealkylation sites (tertiary alicyclic amines) is 1. The normalized spacial score (nSPS) is 14.8. The van der Waals surface area contributed by atoms with Crippen molar-refractivity contribution in [2.24, 2.45) is 0 Å². The molecule has 1 aliphatic rings. The van der Waals surface area contributed by atoms with E-state index in [2.05, 4.69) is 25.4 Å². The van der Waals surface area contributed by atoms with Crippen LogP contribution in [0.3, 0.4) is 0 Å². The highest BCUT2D eigenvalue weighted by Gasteiger charge is 2.28. The zero-order chi connectivity index (χ0) is 19.3. The van der Waals surface area contributed by atoms with E-state index in [0.717, 1.165) is 24.2 Å². The molecule has 0 aliphatic carbocycles. The number of nitrogens with one attached hydrogen (secondary N) is 2. The number of aromatic amines is 1. The van der Waals surface area contributed by atoms with E-state index >= 15 is 0 Å². The number of pyridine rings is 1. The maximum absolute atomic E-state index is 12.4. The molecule has 0 spiro atoms. The number of hydrogen-bond acceptors (Lipinski definition) is 5. The van der Waals surface area contributed by atoms with Crippen molar-refractivity contribution in [1.29, 1.82) is 0 Å². The molecule has 3 aromatic rings. The molecule has 1 aliphatic heterocycles. The minimum absolute atomic E-state index is 0.297. The van der Waals surface area contributed by atoms with Gasteiger partial charge in [0.25, 0.3) is 0 Å². The van der Waals surface area contributed by atoms with Crippen LogP contribution < -0.4 is 5.32 Å². The molecule has 9 nitrogen and oxygen atoms in total. The highest BCUT2D eigenvalue weighted by molar-refractivity contribution is 6.39. The number of anilines is 1. The molecule has 28 heavy (non-hydrogen) atoms. The van der Waals surface area contributed by atoms with Crippen molar-refractivity contribution < 1.29 is 9.59 Å². The molecule has 1 fully saturated rings. The standard InChI is InChI=1S/C19H21N7O2/c27-18(19(28)25-10-3-15(4-11-25)17-21-8-9-22-17)23-16-5-12-26(24-16)13-14-1-6-20-7-2-14/h1-2,5-9,12,15H,3-4,10-11,13H2,(H,21,22)(H,23,24,27). The molecule has 2 amide bonds. The molecule has 144 valence electrons. The van der Waals surface area contributed by atoms with Gasteiger partial charge in [0.2, 0.25) is 0 Å². The zero-order valence-corrected chi connectivity index (χ0v) is 15.3. The van der Waals surface area contributed by atoms with Crippen molar-refractivity contribution in [3.8, 4) is 0 Å². The second-order valence-electron chi connectivity index (χ2n) is 6.75. The topological polar surface area (TPSA) is 109 Å². The van der Waals surface area contributed by atoms with Crippen LogP contribution in [0.15, 0.2) is 49.2 Å². The molecule has 9 heteroatoms. The van der Waals surface area contributed by atoms with Gasteiger partial charge in [-0.05, 0) is 30.5 Å². The molecule has 0 saturated carbocycles. The first-order chi connectivity index (χ1) is 13.7. The summed E-state index contributed by atoms with van der Waals surface area (Å²) in [7, 11) is 0. The minimum Gasteiger partial charge on any atom is -0.348 e. The molecule has 0 atom stereocenters. The summed E-state index contributed by atoms with van der Waals surface area (Å²) in [6, 6.07) is 5.47.